The van der Waals surface area contributed by atoms with Gasteiger partial charge in [0.25, 0.3) is 0 Å². The van der Waals surface area contributed by atoms with Gasteiger partial charge in [0.15, 0.2) is 0 Å². The SMILES string of the molecule is CC(=O)Nc1ccc(CNC(=O)CN(C)Cc2ccc3nonc3c2)cc1. The van der Waals surface area contributed by atoms with Crippen LogP contribution in [-0.2, 0) is 22.7 Å². The van der Waals surface area contributed by atoms with Gasteiger partial charge in [0.05, 0.1) is 6.54 Å². The molecule has 8 nitrogen and oxygen atoms in total. The number of hydrogen-bond acceptors (Lipinski definition) is 6. The lowest BCUT2D eigenvalue weighted by atomic mass is 10.2. The highest BCUT2D eigenvalue weighted by molar-refractivity contribution is 5.88. The maximum absolute atomic E-state index is 12.2. The topological polar surface area (TPSA) is 100 Å². The molecule has 0 saturated carbocycles. The predicted molar refractivity (Wildman–Crippen MR) is 101 cm³/mol. The molecule has 3 rings (SSSR count). The van der Waals surface area contributed by atoms with Crippen LogP contribution in [-0.4, -0.2) is 40.6 Å². The van der Waals surface area contributed by atoms with Crippen molar-refractivity contribution in [2.45, 2.75) is 20.0 Å². The molecule has 0 radical (unpaired) electrons. The van der Waals surface area contributed by atoms with Crippen molar-refractivity contribution >= 4 is 28.5 Å². The van der Waals surface area contributed by atoms with Crippen molar-refractivity contribution in [3.8, 4) is 0 Å². The Morgan fingerprint density at radius 3 is 2.48 bits per heavy atom. The third-order valence-electron chi connectivity index (χ3n) is 3.95. The van der Waals surface area contributed by atoms with Crippen molar-refractivity contribution in [3.63, 3.8) is 0 Å². The third kappa shape index (κ3) is 5.35. The first-order valence-electron chi connectivity index (χ1n) is 8.52. The minimum atomic E-state index is -0.113. The van der Waals surface area contributed by atoms with Crippen LogP contribution in [0.1, 0.15) is 18.1 Å². The van der Waals surface area contributed by atoms with E-state index >= 15 is 0 Å². The Hall–Kier alpha value is -3.26. The number of nitrogens with one attached hydrogen (secondary N) is 2. The zero-order valence-electron chi connectivity index (χ0n) is 15.2. The summed E-state index contributed by atoms with van der Waals surface area (Å²) >= 11 is 0. The van der Waals surface area contributed by atoms with E-state index in [-0.39, 0.29) is 18.4 Å². The summed E-state index contributed by atoms with van der Waals surface area (Å²) in [5, 5.41) is 13.2. The minimum Gasteiger partial charge on any atom is -0.351 e. The van der Waals surface area contributed by atoms with Crippen molar-refractivity contribution in [1.29, 1.82) is 0 Å². The van der Waals surface area contributed by atoms with Gasteiger partial charge in [0, 0.05) is 25.7 Å². The molecular weight excluding hydrogens is 346 g/mol. The number of hydrogen-bond donors (Lipinski definition) is 2. The van der Waals surface area contributed by atoms with E-state index in [0.717, 1.165) is 16.8 Å². The molecule has 0 fully saturated rings. The van der Waals surface area contributed by atoms with Crippen LogP contribution in [0.25, 0.3) is 11.0 Å². The fourth-order valence-corrected chi connectivity index (χ4v) is 2.70. The number of carbonyl (C=O) groups is 2. The molecule has 0 aliphatic carbocycles. The lowest BCUT2D eigenvalue weighted by Crippen LogP contribution is -2.34. The van der Waals surface area contributed by atoms with Gasteiger partial charge in [-0.15, -0.1) is 0 Å². The van der Waals surface area contributed by atoms with Gasteiger partial charge < -0.3 is 10.6 Å². The van der Waals surface area contributed by atoms with Gasteiger partial charge >= 0.3 is 0 Å². The van der Waals surface area contributed by atoms with Crippen LogP contribution in [0.4, 0.5) is 5.69 Å². The molecule has 0 aliphatic heterocycles. The summed E-state index contributed by atoms with van der Waals surface area (Å²) in [7, 11) is 1.88. The van der Waals surface area contributed by atoms with Crippen molar-refractivity contribution in [2.75, 3.05) is 18.9 Å². The van der Waals surface area contributed by atoms with Crippen LogP contribution >= 0.6 is 0 Å². The number of benzene rings is 2. The molecule has 0 aliphatic rings. The highest BCUT2D eigenvalue weighted by Gasteiger charge is 2.09. The molecule has 2 N–H and O–H groups in total. The summed E-state index contributed by atoms with van der Waals surface area (Å²) in [5.74, 6) is -0.175. The quantitative estimate of drug-likeness (QED) is 0.662. The van der Waals surface area contributed by atoms with Gasteiger partial charge in [0.1, 0.15) is 11.0 Å². The number of aromatic nitrogens is 2. The van der Waals surface area contributed by atoms with Crippen LogP contribution in [0.15, 0.2) is 47.1 Å². The van der Waals surface area contributed by atoms with Crippen molar-refractivity contribution in [2.24, 2.45) is 0 Å². The molecule has 0 atom stereocenters. The predicted octanol–water partition coefficient (Wildman–Crippen LogP) is 1.93. The van der Waals surface area contributed by atoms with Gasteiger partial charge in [-0.05, 0) is 52.8 Å². The number of fused-ring (bicyclic) bond motifs is 1. The molecule has 2 aromatic carbocycles. The lowest BCUT2D eigenvalue weighted by Gasteiger charge is -2.16. The van der Waals surface area contributed by atoms with E-state index in [1.807, 2.05) is 54.4 Å². The number of likely N-dealkylation sites (N-methyl/N-ethyl adjacent to an activating group) is 1. The average molecular weight is 367 g/mol. The first-order chi connectivity index (χ1) is 13.0. The highest BCUT2D eigenvalue weighted by Crippen LogP contribution is 2.13. The number of nitrogens with zero attached hydrogens (tertiary/aromatic N) is 3. The fourth-order valence-electron chi connectivity index (χ4n) is 2.70. The van der Waals surface area contributed by atoms with Crippen LogP contribution in [0, 0.1) is 0 Å². The summed E-state index contributed by atoms with van der Waals surface area (Å²) in [6.45, 7) is 2.79. The molecule has 0 saturated heterocycles. The standard InChI is InChI=1S/C19H21N5O3/c1-13(25)21-16-6-3-14(4-7-16)10-20-19(26)12-24(2)11-15-5-8-17-18(9-15)23-27-22-17/h3-9H,10-12H2,1-2H3,(H,20,26)(H,21,25). The van der Waals surface area contributed by atoms with E-state index in [4.69, 9.17) is 4.63 Å². The van der Waals surface area contributed by atoms with E-state index < -0.39 is 0 Å². The van der Waals surface area contributed by atoms with Gasteiger partial charge in [-0.2, -0.15) is 0 Å². The number of carbonyl (C=O) groups excluding carboxylic acids is 2. The molecule has 1 heterocycles. The molecule has 0 bridgehead atoms. The van der Waals surface area contributed by atoms with Gasteiger partial charge in [-0.1, -0.05) is 18.2 Å². The van der Waals surface area contributed by atoms with Crippen LogP contribution in [0.3, 0.4) is 0 Å². The Balaban J connectivity index is 1.46. The molecule has 8 heteroatoms. The smallest absolute Gasteiger partial charge is 0.234 e. The Labute approximate surface area is 156 Å². The zero-order chi connectivity index (χ0) is 19.2. The molecule has 0 unspecified atom stereocenters. The third-order valence-corrected chi connectivity index (χ3v) is 3.95. The summed E-state index contributed by atoms with van der Waals surface area (Å²) in [6, 6.07) is 13.1. The Morgan fingerprint density at radius 1 is 1.04 bits per heavy atom. The second-order valence-corrected chi connectivity index (χ2v) is 6.41. The van der Waals surface area contributed by atoms with Crippen LogP contribution in [0.5, 0.6) is 0 Å². The van der Waals surface area contributed by atoms with Crippen LogP contribution < -0.4 is 10.6 Å². The largest absolute Gasteiger partial charge is 0.351 e. The normalized spacial score (nSPS) is 10.9. The zero-order valence-corrected chi connectivity index (χ0v) is 15.2. The number of rotatable bonds is 7. The Bertz CT molecular complexity index is 936. The van der Waals surface area contributed by atoms with E-state index in [0.29, 0.717) is 24.1 Å². The monoisotopic (exact) mass is 367 g/mol. The van der Waals surface area contributed by atoms with Gasteiger partial charge in [-0.3, -0.25) is 14.5 Å². The van der Waals surface area contributed by atoms with Gasteiger partial charge in [0.2, 0.25) is 11.8 Å². The maximum Gasteiger partial charge on any atom is 0.234 e. The minimum absolute atomic E-state index is 0.0624. The maximum atomic E-state index is 12.2. The molecular formula is C19H21N5O3. The van der Waals surface area contributed by atoms with E-state index in [2.05, 4.69) is 20.9 Å². The Kier molecular flexibility index (Phi) is 5.77. The first kappa shape index (κ1) is 18.5. The van der Waals surface area contributed by atoms with Crippen LogP contribution in [0.2, 0.25) is 0 Å². The summed E-state index contributed by atoms with van der Waals surface area (Å²) in [6.07, 6.45) is 0. The van der Waals surface area contributed by atoms with E-state index in [9.17, 15) is 9.59 Å². The summed E-state index contributed by atoms with van der Waals surface area (Å²) in [4.78, 5) is 25.1. The molecule has 1 aromatic heterocycles. The summed E-state index contributed by atoms with van der Waals surface area (Å²) < 4.78 is 4.69. The molecule has 0 spiro atoms. The second-order valence-electron chi connectivity index (χ2n) is 6.41. The fraction of sp³-hybridized carbons (Fsp3) is 0.263. The molecule has 140 valence electrons. The second kappa shape index (κ2) is 8.41. The van der Waals surface area contributed by atoms with Gasteiger partial charge in [-0.25, -0.2) is 4.63 Å². The molecule has 3 aromatic rings. The van der Waals surface area contributed by atoms with Crippen molar-refractivity contribution in [3.05, 3.63) is 53.6 Å². The van der Waals surface area contributed by atoms with Crippen molar-refractivity contribution in [1.82, 2.24) is 20.5 Å². The average Bonchev–Trinajstić information content (AvgIpc) is 3.08. The highest BCUT2D eigenvalue weighted by atomic mass is 16.6. The molecule has 2 amide bonds. The van der Waals surface area contributed by atoms with Crippen molar-refractivity contribution < 1.29 is 14.2 Å². The summed E-state index contributed by atoms with van der Waals surface area (Å²) in [5.41, 5.74) is 4.14. The first-order valence-corrected chi connectivity index (χ1v) is 8.52. The Morgan fingerprint density at radius 2 is 1.74 bits per heavy atom. The number of amides is 2. The van der Waals surface area contributed by atoms with E-state index in [1.165, 1.54) is 6.92 Å². The number of anilines is 1. The lowest BCUT2D eigenvalue weighted by molar-refractivity contribution is -0.122. The molecule has 27 heavy (non-hydrogen) atoms. The van der Waals surface area contributed by atoms with E-state index in [1.54, 1.807) is 0 Å².